The number of fused-ring (bicyclic) bond motifs is 2. The van der Waals surface area contributed by atoms with Crippen molar-refractivity contribution in [1.29, 1.82) is 0 Å². The topological polar surface area (TPSA) is 84.6 Å². The van der Waals surface area contributed by atoms with Gasteiger partial charge in [0.2, 0.25) is 5.91 Å². The summed E-state index contributed by atoms with van der Waals surface area (Å²) in [6, 6.07) is 6.01. The Morgan fingerprint density at radius 3 is 2.67 bits per heavy atom. The van der Waals surface area contributed by atoms with E-state index in [0.717, 1.165) is 23.6 Å². The number of nitrogens with one attached hydrogen (secondary N) is 1. The minimum absolute atomic E-state index is 0.0291. The molecule has 2 saturated carbocycles. The van der Waals surface area contributed by atoms with E-state index >= 15 is 0 Å². The molecule has 0 spiro atoms. The van der Waals surface area contributed by atoms with E-state index in [-0.39, 0.29) is 18.0 Å². The molecular weight excluding hydrogens is 270 g/mol. The number of nitrogens with zero attached hydrogens (tertiary/aromatic N) is 2. The molecule has 2 atom stereocenters. The van der Waals surface area contributed by atoms with Crippen molar-refractivity contribution in [2.75, 3.05) is 0 Å². The van der Waals surface area contributed by atoms with E-state index in [1.54, 1.807) is 12.1 Å². The lowest BCUT2D eigenvalue weighted by molar-refractivity contribution is -0.384. The van der Waals surface area contributed by atoms with E-state index in [0.29, 0.717) is 5.92 Å². The molecule has 0 radical (unpaired) electrons. The fourth-order valence-corrected chi connectivity index (χ4v) is 3.26. The highest BCUT2D eigenvalue weighted by Gasteiger charge is 2.36. The van der Waals surface area contributed by atoms with Crippen LogP contribution < -0.4 is 5.43 Å². The number of hydrogen-bond donors (Lipinski definition) is 1. The monoisotopic (exact) mass is 287 g/mol. The lowest BCUT2D eigenvalue weighted by Crippen LogP contribution is -2.23. The summed E-state index contributed by atoms with van der Waals surface area (Å²) < 4.78 is 0. The van der Waals surface area contributed by atoms with Crippen LogP contribution in [-0.2, 0) is 11.2 Å². The van der Waals surface area contributed by atoms with Crippen LogP contribution >= 0.6 is 0 Å². The maximum Gasteiger partial charge on any atom is 0.269 e. The smallest absolute Gasteiger partial charge is 0.269 e. The first-order chi connectivity index (χ1) is 10.1. The minimum atomic E-state index is -0.453. The van der Waals surface area contributed by atoms with Crippen LogP contribution in [0.3, 0.4) is 0 Å². The molecular formula is C15H17N3O3. The summed E-state index contributed by atoms with van der Waals surface area (Å²) in [4.78, 5) is 21.9. The number of rotatable bonds is 4. The summed E-state index contributed by atoms with van der Waals surface area (Å²) in [5.74, 6) is 1.15. The Morgan fingerprint density at radius 1 is 1.33 bits per heavy atom. The third-order valence-electron chi connectivity index (χ3n) is 4.35. The number of carbonyl (C=O) groups excluding carboxylic acids is 1. The predicted molar refractivity (Wildman–Crippen MR) is 77.8 cm³/mol. The highest BCUT2D eigenvalue weighted by atomic mass is 16.6. The number of amides is 1. The molecule has 2 bridgehead atoms. The van der Waals surface area contributed by atoms with Crippen LogP contribution in [0.4, 0.5) is 5.69 Å². The zero-order chi connectivity index (χ0) is 14.8. The first kappa shape index (κ1) is 13.7. The Balaban J connectivity index is 1.54. The second-order valence-electron chi connectivity index (χ2n) is 5.82. The molecule has 0 saturated heterocycles. The summed E-state index contributed by atoms with van der Waals surface area (Å²) in [6.07, 6.45) is 4.91. The maximum atomic E-state index is 11.8. The average molecular weight is 287 g/mol. The van der Waals surface area contributed by atoms with E-state index in [2.05, 4.69) is 10.5 Å². The van der Waals surface area contributed by atoms with Crippen molar-refractivity contribution in [2.24, 2.45) is 16.9 Å². The van der Waals surface area contributed by atoms with E-state index in [4.69, 9.17) is 0 Å². The van der Waals surface area contributed by atoms with Gasteiger partial charge in [-0.05, 0) is 43.1 Å². The molecule has 1 N–H and O–H groups in total. The van der Waals surface area contributed by atoms with Gasteiger partial charge in [-0.3, -0.25) is 14.9 Å². The van der Waals surface area contributed by atoms with Gasteiger partial charge < -0.3 is 0 Å². The predicted octanol–water partition coefficient (Wildman–Crippen LogP) is 2.43. The molecule has 2 fully saturated rings. The first-order valence-electron chi connectivity index (χ1n) is 7.20. The van der Waals surface area contributed by atoms with Crippen molar-refractivity contribution in [3.63, 3.8) is 0 Å². The van der Waals surface area contributed by atoms with Crippen LogP contribution in [0.1, 0.15) is 31.2 Å². The van der Waals surface area contributed by atoms with Crippen molar-refractivity contribution < 1.29 is 9.72 Å². The van der Waals surface area contributed by atoms with Gasteiger partial charge in [-0.1, -0.05) is 12.1 Å². The molecule has 6 nitrogen and oxygen atoms in total. The molecule has 110 valence electrons. The summed E-state index contributed by atoms with van der Waals surface area (Å²) in [7, 11) is 0. The number of benzene rings is 1. The van der Waals surface area contributed by atoms with Crippen LogP contribution in [0.2, 0.25) is 0 Å². The molecule has 6 heteroatoms. The highest BCUT2D eigenvalue weighted by molar-refractivity contribution is 5.91. The van der Waals surface area contributed by atoms with Gasteiger partial charge in [0.25, 0.3) is 5.69 Å². The van der Waals surface area contributed by atoms with E-state index in [1.807, 2.05) is 0 Å². The van der Waals surface area contributed by atoms with Crippen molar-refractivity contribution in [2.45, 2.75) is 32.1 Å². The van der Waals surface area contributed by atoms with Crippen molar-refractivity contribution in [1.82, 2.24) is 5.43 Å². The molecule has 0 unspecified atom stereocenters. The SMILES string of the molecule is O=C(Cc1ccc([N+](=O)[O-])cc1)N/N=C1/C[C@@H]2CC[C@H]1C2. The third-order valence-corrected chi connectivity index (χ3v) is 4.35. The van der Waals surface area contributed by atoms with Gasteiger partial charge in [0, 0.05) is 17.8 Å². The quantitative estimate of drug-likeness (QED) is 0.681. The van der Waals surface area contributed by atoms with E-state index < -0.39 is 4.92 Å². The first-order valence-corrected chi connectivity index (χ1v) is 7.20. The number of carbonyl (C=O) groups is 1. The standard InChI is InChI=1S/C15H17N3O3/c19-15(9-10-2-5-13(6-3-10)18(20)21)17-16-14-8-11-1-4-12(14)7-11/h2-3,5-6,11-12H,1,4,7-9H2,(H,17,19)/b16-14-/t11-,12+/m1/s1. The second kappa shape index (κ2) is 5.63. The van der Waals surface area contributed by atoms with E-state index in [1.165, 1.54) is 31.4 Å². The van der Waals surface area contributed by atoms with Gasteiger partial charge in [0.05, 0.1) is 11.3 Å². The second-order valence-corrected chi connectivity index (χ2v) is 5.82. The van der Waals surface area contributed by atoms with Gasteiger partial charge in [-0.2, -0.15) is 5.10 Å². The van der Waals surface area contributed by atoms with Crippen LogP contribution in [-0.4, -0.2) is 16.5 Å². The summed E-state index contributed by atoms with van der Waals surface area (Å²) in [6.45, 7) is 0. The molecule has 1 aromatic rings. The van der Waals surface area contributed by atoms with Crippen molar-refractivity contribution in [3.05, 3.63) is 39.9 Å². The number of hydrogen-bond acceptors (Lipinski definition) is 4. The lowest BCUT2D eigenvalue weighted by atomic mass is 9.99. The minimum Gasteiger partial charge on any atom is -0.273 e. The summed E-state index contributed by atoms with van der Waals surface area (Å²) in [5, 5.41) is 14.8. The van der Waals surface area contributed by atoms with Crippen molar-refractivity contribution >= 4 is 17.3 Å². The van der Waals surface area contributed by atoms with Crippen LogP contribution in [0.25, 0.3) is 0 Å². The fourth-order valence-electron chi connectivity index (χ4n) is 3.26. The molecule has 21 heavy (non-hydrogen) atoms. The number of nitro benzene ring substituents is 1. The van der Waals surface area contributed by atoms with Gasteiger partial charge in [0.1, 0.15) is 0 Å². The zero-order valence-corrected chi connectivity index (χ0v) is 11.6. The molecule has 0 aromatic heterocycles. The van der Waals surface area contributed by atoms with Gasteiger partial charge >= 0.3 is 0 Å². The zero-order valence-electron chi connectivity index (χ0n) is 11.6. The Labute approximate surface area is 122 Å². The van der Waals surface area contributed by atoms with Crippen LogP contribution in [0.5, 0.6) is 0 Å². The Bertz CT molecular complexity index is 595. The van der Waals surface area contributed by atoms with Gasteiger partial charge in [-0.15, -0.1) is 0 Å². The normalized spacial score (nSPS) is 25.2. The number of hydrazone groups is 1. The number of non-ortho nitro benzene ring substituents is 1. The Morgan fingerprint density at radius 2 is 2.10 bits per heavy atom. The summed E-state index contributed by atoms with van der Waals surface area (Å²) in [5.41, 5.74) is 4.51. The molecule has 2 aliphatic carbocycles. The van der Waals surface area contributed by atoms with Gasteiger partial charge in [0.15, 0.2) is 0 Å². The highest BCUT2D eigenvalue weighted by Crippen LogP contribution is 2.42. The third kappa shape index (κ3) is 3.09. The van der Waals surface area contributed by atoms with E-state index in [9.17, 15) is 14.9 Å². The fraction of sp³-hybridized carbons (Fsp3) is 0.467. The van der Waals surface area contributed by atoms with Crippen LogP contribution in [0, 0.1) is 22.0 Å². The Hall–Kier alpha value is -2.24. The largest absolute Gasteiger partial charge is 0.273 e. The maximum absolute atomic E-state index is 11.8. The molecule has 1 aromatic carbocycles. The molecule has 0 heterocycles. The molecule has 3 rings (SSSR count). The lowest BCUT2D eigenvalue weighted by Gasteiger charge is -2.11. The summed E-state index contributed by atoms with van der Waals surface area (Å²) >= 11 is 0. The Kier molecular flexibility index (Phi) is 3.68. The number of nitro groups is 1. The molecule has 0 aliphatic heterocycles. The van der Waals surface area contributed by atoms with Crippen LogP contribution in [0.15, 0.2) is 29.4 Å². The molecule has 2 aliphatic rings. The molecule has 1 amide bonds. The average Bonchev–Trinajstić information content (AvgIpc) is 3.08. The van der Waals surface area contributed by atoms with Crippen molar-refractivity contribution in [3.8, 4) is 0 Å². The van der Waals surface area contributed by atoms with Gasteiger partial charge in [-0.25, -0.2) is 5.43 Å².